The summed E-state index contributed by atoms with van der Waals surface area (Å²) in [5, 5.41) is 15.3. The van der Waals surface area contributed by atoms with E-state index in [4.69, 9.17) is 9.15 Å². The number of hydrogen-bond donors (Lipinski definition) is 1. The molecular formula is C16H18FN5O2. The van der Waals surface area contributed by atoms with Crippen molar-refractivity contribution in [2.45, 2.75) is 19.9 Å². The standard InChI is InChI=1S/C16H18FN5O2/c1-10-13(15(23-3)22(2)21-10)9-18-16-20-19-14(24-16)8-11-5-4-6-12(17)7-11/h4-7H,8-9H2,1-3H3,(H,18,20). The van der Waals surface area contributed by atoms with Crippen LogP contribution in [-0.2, 0) is 20.0 Å². The van der Waals surface area contributed by atoms with Crippen molar-refractivity contribution in [2.24, 2.45) is 7.05 Å². The maximum Gasteiger partial charge on any atom is 0.315 e. The van der Waals surface area contributed by atoms with E-state index in [-0.39, 0.29) is 5.82 Å². The van der Waals surface area contributed by atoms with Gasteiger partial charge in [-0.05, 0) is 24.6 Å². The predicted molar refractivity (Wildman–Crippen MR) is 85.3 cm³/mol. The first-order valence-electron chi connectivity index (χ1n) is 7.44. The molecular weight excluding hydrogens is 313 g/mol. The minimum absolute atomic E-state index is 0.287. The molecule has 0 spiro atoms. The van der Waals surface area contributed by atoms with Gasteiger partial charge >= 0.3 is 6.01 Å². The summed E-state index contributed by atoms with van der Waals surface area (Å²) in [5.74, 6) is 0.807. The zero-order chi connectivity index (χ0) is 17.1. The Labute approximate surface area is 138 Å². The van der Waals surface area contributed by atoms with Gasteiger partial charge in [-0.25, -0.2) is 9.07 Å². The van der Waals surface area contributed by atoms with Gasteiger partial charge in [-0.15, -0.1) is 5.10 Å². The molecule has 0 saturated carbocycles. The lowest BCUT2D eigenvalue weighted by atomic mass is 10.1. The molecule has 0 unspecified atom stereocenters. The van der Waals surface area contributed by atoms with Crippen molar-refractivity contribution in [1.29, 1.82) is 0 Å². The van der Waals surface area contributed by atoms with Gasteiger partial charge in [0.1, 0.15) is 5.82 Å². The van der Waals surface area contributed by atoms with Crippen LogP contribution in [0.4, 0.5) is 10.4 Å². The monoisotopic (exact) mass is 331 g/mol. The molecule has 0 amide bonds. The van der Waals surface area contributed by atoms with E-state index in [2.05, 4.69) is 20.6 Å². The Balaban J connectivity index is 1.66. The van der Waals surface area contributed by atoms with Crippen molar-refractivity contribution in [1.82, 2.24) is 20.0 Å². The number of ether oxygens (including phenoxy) is 1. The Morgan fingerprint density at radius 3 is 2.92 bits per heavy atom. The third kappa shape index (κ3) is 3.37. The third-order valence-corrected chi connectivity index (χ3v) is 3.61. The van der Waals surface area contributed by atoms with E-state index in [1.807, 2.05) is 20.0 Å². The van der Waals surface area contributed by atoms with E-state index >= 15 is 0 Å². The Hall–Kier alpha value is -2.90. The van der Waals surface area contributed by atoms with Crippen molar-refractivity contribution in [3.8, 4) is 5.88 Å². The number of aryl methyl sites for hydroxylation is 2. The molecule has 1 N–H and O–H groups in total. The van der Waals surface area contributed by atoms with Gasteiger partial charge in [0.2, 0.25) is 11.8 Å². The molecule has 0 aliphatic rings. The van der Waals surface area contributed by atoms with Gasteiger partial charge in [-0.1, -0.05) is 17.2 Å². The number of benzene rings is 1. The van der Waals surface area contributed by atoms with Crippen molar-refractivity contribution < 1.29 is 13.5 Å². The molecule has 24 heavy (non-hydrogen) atoms. The van der Waals surface area contributed by atoms with Crippen LogP contribution in [0.3, 0.4) is 0 Å². The van der Waals surface area contributed by atoms with Crippen molar-refractivity contribution in [2.75, 3.05) is 12.4 Å². The Morgan fingerprint density at radius 1 is 1.33 bits per heavy atom. The first-order valence-corrected chi connectivity index (χ1v) is 7.44. The maximum atomic E-state index is 13.2. The van der Waals surface area contributed by atoms with Crippen LogP contribution in [0.1, 0.15) is 22.7 Å². The zero-order valence-electron chi connectivity index (χ0n) is 13.7. The van der Waals surface area contributed by atoms with Crippen molar-refractivity contribution in [3.05, 3.63) is 52.8 Å². The van der Waals surface area contributed by atoms with Crippen molar-refractivity contribution >= 4 is 6.01 Å². The van der Waals surface area contributed by atoms with Gasteiger partial charge in [0.05, 0.1) is 31.3 Å². The predicted octanol–water partition coefficient (Wildman–Crippen LogP) is 2.46. The molecule has 8 heteroatoms. The summed E-state index contributed by atoms with van der Waals surface area (Å²) in [7, 11) is 3.42. The van der Waals surface area contributed by atoms with E-state index in [1.165, 1.54) is 12.1 Å². The Bertz CT molecular complexity index is 843. The number of nitrogens with one attached hydrogen (secondary N) is 1. The highest BCUT2D eigenvalue weighted by Gasteiger charge is 2.15. The topological polar surface area (TPSA) is 78.0 Å². The maximum absolute atomic E-state index is 13.2. The summed E-state index contributed by atoms with van der Waals surface area (Å²) in [4.78, 5) is 0. The first-order chi connectivity index (χ1) is 11.6. The summed E-state index contributed by atoms with van der Waals surface area (Å²) in [6.45, 7) is 2.35. The SMILES string of the molecule is COc1c(CNc2nnc(Cc3cccc(F)c3)o2)c(C)nn1C. The third-order valence-electron chi connectivity index (χ3n) is 3.61. The molecule has 0 saturated heterocycles. The summed E-state index contributed by atoms with van der Waals surface area (Å²) in [6.07, 6.45) is 0.377. The lowest BCUT2D eigenvalue weighted by molar-refractivity contribution is 0.369. The van der Waals surface area contributed by atoms with Gasteiger partial charge < -0.3 is 14.5 Å². The summed E-state index contributed by atoms with van der Waals surface area (Å²) >= 11 is 0. The van der Waals surface area contributed by atoms with Crippen LogP contribution in [0.2, 0.25) is 0 Å². The largest absolute Gasteiger partial charge is 0.481 e. The highest BCUT2D eigenvalue weighted by atomic mass is 19.1. The van der Waals surface area contributed by atoms with Gasteiger partial charge in [0, 0.05) is 7.05 Å². The van der Waals surface area contributed by atoms with Crippen LogP contribution in [0.25, 0.3) is 0 Å². The second-order valence-electron chi connectivity index (χ2n) is 5.36. The van der Waals surface area contributed by atoms with Crippen LogP contribution in [0.5, 0.6) is 5.88 Å². The Morgan fingerprint density at radius 2 is 2.17 bits per heavy atom. The number of halogens is 1. The fourth-order valence-corrected chi connectivity index (χ4v) is 2.52. The molecule has 0 fully saturated rings. The molecule has 1 aromatic carbocycles. The minimum Gasteiger partial charge on any atom is -0.481 e. The molecule has 2 heterocycles. The smallest absolute Gasteiger partial charge is 0.315 e. The molecule has 3 rings (SSSR count). The summed E-state index contributed by atoms with van der Waals surface area (Å²) in [6, 6.07) is 6.60. The average molecular weight is 331 g/mol. The molecule has 0 aliphatic carbocycles. The fraction of sp³-hybridized carbons (Fsp3) is 0.312. The number of nitrogens with zero attached hydrogens (tertiary/aromatic N) is 4. The number of anilines is 1. The minimum atomic E-state index is -0.287. The fourth-order valence-electron chi connectivity index (χ4n) is 2.52. The second-order valence-corrected chi connectivity index (χ2v) is 5.36. The van der Waals surface area contributed by atoms with Crippen molar-refractivity contribution in [3.63, 3.8) is 0 Å². The molecule has 0 aliphatic heterocycles. The van der Waals surface area contributed by atoms with E-state index < -0.39 is 0 Å². The van der Waals surface area contributed by atoms with E-state index in [1.54, 1.807) is 17.9 Å². The van der Waals surface area contributed by atoms with E-state index in [0.29, 0.717) is 30.8 Å². The Kier molecular flexibility index (Phi) is 4.45. The number of hydrogen-bond acceptors (Lipinski definition) is 6. The second kappa shape index (κ2) is 6.69. The van der Waals surface area contributed by atoms with Gasteiger partial charge in [0.25, 0.3) is 0 Å². The molecule has 0 radical (unpaired) electrons. The van der Waals surface area contributed by atoms with Crippen LogP contribution in [0, 0.1) is 12.7 Å². The molecule has 7 nitrogen and oxygen atoms in total. The first kappa shape index (κ1) is 16.0. The van der Waals surface area contributed by atoms with Crippen LogP contribution in [0.15, 0.2) is 28.7 Å². The number of rotatable bonds is 6. The molecule has 0 bridgehead atoms. The van der Waals surface area contributed by atoms with E-state index in [9.17, 15) is 4.39 Å². The van der Waals surface area contributed by atoms with Crippen LogP contribution < -0.4 is 10.1 Å². The summed E-state index contributed by atoms with van der Waals surface area (Å²) in [5.41, 5.74) is 2.56. The molecule has 2 aromatic heterocycles. The lowest BCUT2D eigenvalue weighted by Gasteiger charge is -2.04. The average Bonchev–Trinajstić information content (AvgIpc) is 3.09. The van der Waals surface area contributed by atoms with Crippen LogP contribution in [-0.4, -0.2) is 27.1 Å². The number of aromatic nitrogens is 4. The lowest BCUT2D eigenvalue weighted by Crippen LogP contribution is -2.03. The molecule has 126 valence electrons. The highest BCUT2D eigenvalue weighted by Crippen LogP contribution is 2.22. The zero-order valence-corrected chi connectivity index (χ0v) is 13.7. The van der Waals surface area contributed by atoms with Gasteiger partial charge in [0.15, 0.2) is 0 Å². The summed E-state index contributed by atoms with van der Waals surface area (Å²) < 4.78 is 25.8. The quantitative estimate of drug-likeness (QED) is 0.747. The van der Waals surface area contributed by atoms with Gasteiger partial charge in [-0.2, -0.15) is 5.10 Å². The highest BCUT2D eigenvalue weighted by molar-refractivity contribution is 5.34. The van der Waals surface area contributed by atoms with Gasteiger partial charge in [-0.3, -0.25) is 0 Å². The van der Waals surface area contributed by atoms with E-state index in [0.717, 1.165) is 16.8 Å². The number of methoxy groups -OCH3 is 1. The molecule has 3 aromatic rings. The molecule has 0 atom stereocenters. The normalized spacial score (nSPS) is 10.8. The van der Waals surface area contributed by atoms with Crippen LogP contribution >= 0.6 is 0 Å².